The van der Waals surface area contributed by atoms with Gasteiger partial charge in [0, 0.05) is 13.1 Å². The summed E-state index contributed by atoms with van der Waals surface area (Å²) in [7, 11) is 2.11. The maximum absolute atomic E-state index is 11.2. The van der Waals surface area contributed by atoms with Crippen molar-refractivity contribution >= 4 is 18.7 Å². The lowest BCUT2D eigenvalue weighted by Gasteiger charge is -2.44. The summed E-state index contributed by atoms with van der Waals surface area (Å²) in [5.41, 5.74) is -0.123. The number of amides is 1. The highest BCUT2D eigenvalue weighted by Crippen LogP contribution is 2.30. The van der Waals surface area contributed by atoms with Crippen LogP contribution in [0.15, 0.2) is 0 Å². The molecule has 2 rings (SSSR count). The number of carbonyl (C=O) groups is 1. The van der Waals surface area contributed by atoms with Crippen LogP contribution in [0.25, 0.3) is 0 Å². The first kappa shape index (κ1) is 10.3. The minimum absolute atomic E-state index is 0.0297. The zero-order chi connectivity index (χ0) is 10.2. The van der Waals surface area contributed by atoms with Crippen LogP contribution >= 0.6 is 12.8 Å². The van der Waals surface area contributed by atoms with E-state index in [0.29, 0.717) is 6.54 Å². The second kappa shape index (κ2) is 3.72. The largest absolute Gasteiger partial charge is 0.363 e. The molecule has 0 radical (unpaired) electrons. The molecule has 14 heavy (non-hydrogen) atoms. The molecule has 1 amide bonds. The van der Waals surface area contributed by atoms with Crippen LogP contribution in [0.3, 0.4) is 0 Å². The van der Waals surface area contributed by atoms with Crippen LogP contribution in [0.1, 0.15) is 12.8 Å². The van der Waals surface area contributed by atoms with Crippen molar-refractivity contribution in [3.8, 4) is 0 Å². The Labute approximate surface area is 89.7 Å². The fourth-order valence-corrected chi connectivity index (χ4v) is 2.34. The van der Waals surface area contributed by atoms with E-state index in [9.17, 15) is 4.79 Å². The number of morpholine rings is 1. The molecular formula is C9H16N2O2S. The second-order valence-corrected chi connectivity index (χ2v) is 4.71. The first-order valence-electron chi connectivity index (χ1n) is 4.93. The Hall–Kier alpha value is -0.260. The molecule has 0 bridgehead atoms. The Morgan fingerprint density at radius 3 is 2.64 bits per heavy atom. The summed E-state index contributed by atoms with van der Waals surface area (Å²) < 4.78 is 7.17. The van der Waals surface area contributed by atoms with E-state index < -0.39 is 0 Å². The highest BCUT2D eigenvalue weighted by molar-refractivity contribution is 7.78. The summed E-state index contributed by atoms with van der Waals surface area (Å²) in [6.45, 7) is 2.89. The molecule has 0 aromatic carbocycles. The lowest BCUT2D eigenvalue weighted by molar-refractivity contribution is -0.160. The molecule has 2 saturated heterocycles. The summed E-state index contributed by atoms with van der Waals surface area (Å²) in [6, 6.07) is 0. The topological polar surface area (TPSA) is 32.8 Å². The minimum Gasteiger partial charge on any atom is -0.363 e. The van der Waals surface area contributed by atoms with Gasteiger partial charge in [0.1, 0.15) is 6.61 Å². The average molecular weight is 216 g/mol. The number of rotatable bonds is 0. The number of thiol groups is 1. The van der Waals surface area contributed by atoms with Crippen molar-refractivity contribution in [2.75, 3.05) is 33.3 Å². The Morgan fingerprint density at radius 1 is 1.43 bits per heavy atom. The van der Waals surface area contributed by atoms with E-state index >= 15 is 0 Å². The van der Waals surface area contributed by atoms with Gasteiger partial charge in [0.25, 0.3) is 5.91 Å². The third kappa shape index (κ3) is 1.89. The first-order chi connectivity index (χ1) is 6.61. The molecule has 5 heteroatoms. The van der Waals surface area contributed by atoms with E-state index in [1.807, 2.05) is 0 Å². The van der Waals surface area contributed by atoms with Crippen LogP contribution in [0, 0.1) is 0 Å². The van der Waals surface area contributed by atoms with Gasteiger partial charge in [0.05, 0.1) is 12.1 Å². The van der Waals surface area contributed by atoms with Gasteiger partial charge < -0.3 is 9.64 Å². The highest BCUT2D eigenvalue weighted by Gasteiger charge is 2.40. The maximum atomic E-state index is 11.2. The van der Waals surface area contributed by atoms with Crippen molar-refractivity contribution in [2.45, 2.75) is 18.4 Å². The molecule has 0 aliphatic carbocycles. The van der Waals surface area contributed by atoms with E-state index in [4.69, 9.17) is 4.74 Å². The second-order valence-electron chi connectivity index (χ2n) is 4.23. The summed E-state index contributed by atoms with van der Waals surface area (Å²) in [4.78, 5) is 13.5. The molecule has 0 aromatic rings. The normalized spacial score (nSPS) is 28.4. The van der Waals surface area contributed by atoms with Crippen LogP contribution in [-0.2, 0) is 9.53 Å². The lowest BCUT2D eigenvalue weighted by Crippen LogP contribution is -2.55. The van der Waals surface area contributed by atoms with Crippen molar-refractivity contribution in [3.05, 3.63) is 0 Å². The van der Waals surface area contributed by atoms with Gasteiger partial charge >= 0.3 is 0 Å². The Morgan fingerprint density at radius 2 is 2.07 bits per heavy atom. The van der Waals surface area contributed by atoms with Gasteiger partial charge in [-0.15, -0.1) is 0 Å². The molecule has 4 nitrogen and oxygen atoms in total. The van der Waals surface area contributed by atoms with Crippen LogP contribution < -0.4 is 0 Å². The number of hydrogen-bond acceptors (Lipinski definition) is 4. The smallest absolute Gasteiger partial charge is 0.258 e. The molecule has 0 unspecified atom stereocenters. The summed E-state index contributed by atoms with van der Waals surface area (Å²) in [6.07, 6.45) is 1.99. The van der Waals surface area contributed by atoms with Crippen molar-refractivity contribution in [1.29, 1.82) is 0 Å². The standard InChI is InChI=1S/C9H16N2O2S/c1-10-4-2-9(3-5-10)7-11(14)8(12)6-13-9/h14H,2-7H2,1H3. The quantitative estimate of drug-likeness (QED) is 0.585. The van der Waals surface area contributed by atoms with Crippen LogP contribution in [-0.4, -0.2) is 54.0 Å². The molecule has 1 spiro atoms. The number of carbonyl (C=O) groups excluding carboxylic acids is 1. The predicted molar refractivity (Wildman–Crippen MR) is 56.1 cm³/mol. The number of piperidine rings is 1. The van der Waals surface area contributed by atoms with Gasteiger partial charge in [0.2, 0.25) is 0 Å². The van der Waals surface area contributed by atoms with E-state index in [1.165, 1.54) is 4.31 Å². The fraction of sp³-hybridized carbons (Fsp3) is 0.889. The number of likely N-dealkylation sites (tertiary alicyclic amines) is 1. The Balaban J connectivity index is 2.00. The van der Waals surface area contributed by atoms with Crippen molar-refractivity contribution in [2.24, 2.45) is 0 Å². The van der Waals surface area contributed by atoms with Gasteiger partial charge in [-0.1, -0.05) is 12.8 Å². The van der Waals surface area contributed by atoms with Crippen molar-refractivity contribution in [1.82, 2.24) is 9.21 Å². The van der Waals surface area contributed by atoms with Crippen LogP contribution in [0.5, 0.6) is 0 Å². The van der Waals surface area contributed by atoms with Gasteiger partial charge in [0.15, 0.2) is 0 Å². The predicted octanol–water partition coefficient (Wildman–Crippen LogP) is 0.154. The zero-order valence-electron chi connectivity index (χ0n) is 8.40. The summed E-state index contributed by atoms with van der Waals surface area (Å²) in [5.74, 6) is -0.0297. The summed E-state index contributed by atoms with van der Waals surface area (Å²) >= 11 is 4.15. The maximum Gasteiger partial charge on any atom is 0.258 e. The van der Waals surface area contributed by atoms with Gasteiger partial charge in [-0.3, -0.25) is 9.10 Å². The van der Waals surface area contributed by atoms with Gasteiger partial charge in [-0.25, -0.2) is 0 Å². The molecule has 0 atom stereocenters. The average Bonchev–Trinajstić information content (AvgIpc) is 2.18. The molecule has 2 aliphatic rings. The SMILES string of the molecule is CN1CCC2(CC1)CN(S)C(=O)CO2. The highest BCUT2D eigenvalue weighted by atomic mass is 32.1. The third-order valence-electron chi connectivity index (χ3n) is 3.13. The molecular weight excluding hydrogens is 200 g/mol. The molecule has 2 heterocycles. The lowest BCUT2D eigenvalue weighted by atomic mass is 9.90. The minimum atomic E-state index is -0.123. The molecule has 0 aromatic heterocycles. The monoisotopic (exact) mass is 216 g/mol. The molecule has 0 N–H and O–H groups in total. The van der Waals surface area contributed by atoms with Crippen molar-refractivity contribution < 1.29 is 9.53 Å². The zero-order valence-corrected chi connectivity index (χ0v) is 9.30. The molecule has 0 saturated carbocycles. The van der Waals surface area contributed by atoms with Gasteiger partial charge in [-0.05, 0) is 19.9 Å². The number of ether oxygens (including phenoxy) is 1. The summed E-state index contributed by atoms with van der Waals surface area (Å²) in [5, 5.41) is 0. The van der Waals surface area contributed by atoms with Crippen LogP contribution in [0.2, 0.25) is 0 Å². The third-order valence-corrected chi connectivity index (χ3v) is 3.49. The van der Waals surface area contributed by atoms with E-state index in [1.54, 1.807) is 0 Å². The molecule has 80 valence electrons. The van der Waals surface area contributed by atoms with Crippen LogP contribution in [0.4, 0.5) is 0 Å². The van der Waals surface area contributed by atoms with E-state index in [2.05, 4.69) is 24.8 Å². The molecule has 2 fully saturated rings. The first-order valence-corrected chi connectivity index (χ1v) is 5.33. The van der Waals surface area contributed by atoms with E-state index in [-0.39, 0.29) is 18.1 Å². The van der Waals surface area contributed by atoms with E-state index in [0.717, 1.165) is 25.9 Å². The Bertz CT molecular complexity index is 239. The molecule has 2 aliphatic heterocycles. The fourth-order valence-electron chi connectivity index (χ4n) is 2.02. The van der Waals surface area contributed by atoms with Crippen molar-refractivity contribution in [3.63, 3.8) is 0 Å². The number of nitrogens with zero attached hydrogens (tertiary/aromatic N) is 2. The van der Waals surface area contributed by atoms with Gasteiger partial charge in [-0.2, -0.15) is 0 Å². The number of hydrogen-bond donors (Lipinski definition) is 1. The Kier molecular flexibility index (Phi) is 2.72.